The summed E-state index contributed by atoms with van der Waals surface area (Å²) in [6, 6.07) is 9.49. The fourth-order valence-electron chi connectivity index (χ4n) is 4.40. The van der Waals surface area contributed by atoms with Crippen LogP contribution in [0, 0.1) is 27.2 Å². The highest BCUT2D eigenvalue weighted by molar-refractivity contribution is 7.80. The van der Waals surface area contributed by atoms with E-state index in [1.54, 1.807) is 12.1 Å². The van der Waals surface area contributed by atoms with Gasteiger partial charge in [-0.05, 0) is 37.3 Å². The van der Waals surface area contributed by atoms with Crippen molar-refractivity contribution in [3.05, 3.63) is 67.8 Å². The number of piperazine rings is 1. The predicted octanol–water partition coefficient (Wildman–Crippen LogP) is 2.48. The molecule has 190 valence electrons. The van der Waals surface area contributed by atoms with Crippen molar-refractivity contribution in [3.8, 4) is 0 Å². The summed E-state index contributed by atoms with van der Waals surface area (Å²) in [6.45, 7) is 6.06. The van der Waals surface area contributed by atoms with Gasteiger partial charge in [0.1, 0.15) is 5.69 Å². The number of morpholine rings is 1. The van der Waals surface area contributed by atoms with Gasteiger partial charge in [0.25, 0.3) is 17.3 Å². The van der Waals surface area contributed by atoms with E-state index in [-0.39, 0.29) is 32.5 Å². The molecule has 1 N–H and O–H groups in total. The van der Waals surface area contributed by atoms with Gasteiger partial charge in [0.2, 0.25) is 0 Å². The van der Waals surface area contributed by atoms with Gasteiger partial charge in [-0.15, -0.1) is 0 Å². The molecule has 0 atom stereocenters. The molecule has 2 aromatic rings. The largest absolute Gasteiger partial charge is 0.378 e. The number of carbonyl (C=O) groups excluding carboxylic acids is 1. The number of benzene rings is 2. The summed E-state index contributed by atoms with van der Waals surface area (Å²) in [5, 5.41) is 25.7. The van der Waals surface area contributed by atoms with Gasteiger partial charge in [-0.2, -0.15) is 0 Å². The van der Waals surface area contributed by atoms with Crippen LogP contribution in [-0.2, 0) is 4.74 Å². The van der Waals surface area contributed by atoms with Crippen LogP contribution in [0.2, 0.25) is 0 Å². The van der Waals surface area contributed by atoms with Crippen LogP contribution in [-0.4, -0.2) is 78.2 Å². The van der Waals surface area contributed by atoms with Crippen molar-refractivity contribution >= 4 is 46.0 Å². The van der Waals surface area contributed by atoms with Gasteiger partial charge in [0, 0.05) is 68.2 Å². The van der Waals surface area contributed by atoms with E-state index in [1.807, 2.05) is 15.9 Å². The number of thiocarbonyl (C=S) groups is 1. The molecule has 0 aromatic heterocycles. The summed E-state index contributed by atoms with van der Waals surface area (Å²) in [6.07, 6.45) is 0. The van der Waals surface area contributed by atoms with E-state index >= 15 is 0 Å². The van der Waals surface area contributed by atoms with E-state index in [2.05, 4.69) is 10.2 Å². The highest BCUT2D eigenvalue weighted by Gasteiger charge is 2.26. The quantitative estimate of drug-likeness (QED) is 0.360. The Morgan fingerprint density at radius 1 is 0.944 bits per heavy atom. The van der Waals surface area contributed by atoms with Crippen LogP contribution in [0.5, 0.6) is 0 Å². The highest BCUT2D eigenvalue weighted by atomic mass is 32.1. The van der Waals surface area contributed by atoms with Crippen molar-refractivity contribution in [2.45, 2.75) is 6.92 Å². The first-order valence-corrected chi connectivity index (χ1v) is 11.9. The van der Waals surface area contributed by atoms with Gasteiger partial charge in [-0.3, -0.25) is 30.3 Å². The number of nitrogens with zero attached hydrogens (tertiary/aromatic N) is 5. The SMILES string of the molecule is Cc1c(C(=O)NC(=S)N2CCN(c3ccc([N+](=O)[O-])c(N4CCOCC4)c3)CC2)cccc1[N+](=O)[O-]. The Morgan fingerprint density at radius 3 is 2.25 bits per heavy atom. The predicted molar refractivity (Wildman–Crippen MR) is 138 cm³/mol. The summed E-state index contributed by atoms with van der Waals surface area (Å²) in [4.78, 5) is 40.6. The lowest BCUT2D eigenvalue weighted by atomic mass is 10.1. The lowest BCUT2D eigenvalue weighted by Crippen LogP contribution is -2.52. The van der Waals surface area contributed by atoms with Gasteiger partial charge < -0.3 is 19.4 Å². The standard InChI is InChI=1S/C23H26N6O6S/c1-16-18(3-2-4-19(16)28(31)32)22(30)24-23(36)27-9-7-25(8-10-27)17-5-6-20(29(33)34)21(15-17)26-11-13-35-14-12-26/h2-6,15H,7-14H2,1H3,(H,24,30,36). The fraction of sp³-hybridized carbons (Fsp3) is 0.391. The first-order valence-electron chi connectivity index (χ1n) is 11.5. The average molecular weight is 515 g/mol. The van der Waals surface area contributed by atoms with Crippen LogP contribution in [0.1, 0.15) is 15.9 Å². The minimum Gasteiger partial charge on any atom is -0.378 e. The third kappa shape index (κ3) is 5.36. The van der Waals surface area contributed by atoms with Crippen molar-refractivity contribution in [1.82, 2.24) is 10.2 Å². The van der Waals surface area contributed by atoms with Gasteiger partial charge in [-0.1, -0.05) is 6.07 Å². The van der Waals surface area contributed by atoms with Crippen LogP contribution in [0.3, 0.4) is 0 Å². The molecular weight excluding hydrogens is 488 g/mol. The Hall–Kier alpha value is -3.84. The Bertz CT molecular complexity index is 1190. The number of nitro groups is 2. The molecule has 4 rings (SSSR count). The summed E-state index contributed by atoms with van der Waals surface area (Å²) < 4.78 is 5.38. The Kier molecular flexibility index (Phi) is 7.60. The Labute approximate surface area is 212 Å². The number of nitrogens with one attached hydrogen (secondary N) is 1. The van der Waals surface area contributed by atoms with Crippen molar-refractivity contribution in [2.24, 2.45) is 0 Å². The second-order valence-electron chi connectivity index (χ2n) is 8.47. The molecule has 2 aliphatic rings. The van der Waals surface area contributed by atoms with Crippen LogP contribution in [0.25, 0.3) is 0 Å². The van der Waals surface area contributed by atoms with Gasteiger partial charge in [0.15, 0.2) is 5.11 Å². The van der Waals surface area contributed by atoms with Crippen molar-refractivity contribution in [1.29, 1.82) is 0 Å². The number of nitro benzene ring substituents is 2. The number of hydrogen-bond acceptors (Lipinski definition) is 9. The zero-order chi connectivity index (χ0) is 25.8. The Balaban J connectivity index is 1.40. The van der Waals surface area contributed by atoms with Crippen molar-refractivity contribution in [3.63, 3.8) is 0 Å². The number of amides is 1. The number of rotatable bonds is 5. The lowest BCUT2D eigenvalue weighted by Gasteiger charge is -2.37. The highest BCUT2D eigenvalue weighted by Crippen LogP contribution is 2.33. The van der Waals surface area contributed by atoms with Crippen LogP contribution in [0.4, 0.5) is 22.7 Å². The smallest absolute Gasteiger partial charge is 0.292 e. The van der Waals surface area contributed by atoms with E-state index in [1.165, 1.54) is 25.1 Å². The molecule has 2 aliphatic heterocycles. The zero-order valence-corrected chi connectivity index (χ0v) is 20.5. The second-order valence-corrected chi connectivity index (χ2v) is 8.86. The molecule has 0 bridgehead atoms. The van der Waals surface area contributed by atoms with Gasteiger partial charge in [0.05, 0.1) is 23.1 Å². The maximum atomic E-state index is 12.7. The molecule has 13 heteroatoms. The molecule has 0 saturated carbocycles. The summed E-state index contributed by atoms with van der Waals surface area (Å²) in [7, 11) is 0. The topological polar surface area (TPSA) is 134 Å². The summed E-state index contributed by atoms with van der Waals surface area (Å²) in [5.41, 5.74) is 1.89. The molecule has 2 aromatic carbocycles. The molecule has 12 nitrogen and oxygen atoms in total. The van der Waals surface area contributed by atoms with E-state index in [9.17, 15) is 25.0 Å². The van der Waals surface area contributed by atoms with Crippen LogP contribution >= 0.6 is 12.2 Å². The van der Waals surface area contributed by atoms with E-state index in [0.29, 0.717) is 58.2 Å². The van der Waals surface area contributed by atoms with E-state index in [4.69, 9.17) is 17.0 Å². The third-order valence-electron chi connectivity index (χ3n) is 6.41. The monoisotopic (exact) mass is 514 g/mol. The fourth-order valence-corrected chi connectivity index (χ4v) is 4.67. The van der Waals surface area contributed by atoms with E-state index < -0.39 is 10.8 Å². The number of anilines is 2. The molecule has 2 saturated heterocycles. The molecule has 0 unspecified atom stereocenters. The minimum absolute atomic E-state index is 0.0691. The maximum absolute atomic E-state index is 12.7. The molecule has 2 heterocycles. The third-order valence-corrected chi connectivity index (χ3v) is 6.77. The second kappa shape index (κ2) is 10.8. The first kappa shape index (κ1) is 25.3. The van der Waals surface area contributed by atoms with Gasteiger partial charge in [-0.25, -0.2) is 0 Å². The van der Waals surface area contributed by atoms with Crippen molar-refractivity contribution in [2.75, 3.05) is 62.3 Å². The van der Waals surface area contributed by atoms with Crippen molar-refractivity contribution < 1.29 is 19.4 Å². The molecule has 0 aliphatic carbocycles. The molecule has 1 amide bonds. The van der Waals surface area contributed by atoms with Crippen LogP contribution < -0.4 is 15.1 Å². The number of hydrogen-bond donors (Lipinski definition) is 1. The number of carbonyl (C=O) groups is 1. The molecule has 2 fully saturated rings. The Morgan fingerprint density at radius 2 is 1.61 bits per heavy atom. The van der Waals surface area contributed by atoms with Crippen LogP contribution in [0.15, 0.2) is 36.4 Å². The lowest BCUT2D eigenvalue weighted by molar-refractivity contribution is -0.385. The zero-order valence-electron chi connectivity index (χ0n) is 19.7. The molecule has 36 heavy (non-hydrogen) atoms. The summed E-state index contributed by atoms with van der Waals surface area (Å²) in [5.74, 6) is -0.492. The normalized spacial score (nSPS) is 16.0. The molecule has 0 radical (unpaired) electrons. The molecular formula is C23H26N6O6S. The maximum Gasteiger partial charge on any atom is 0.292 e. The first-order chi connectivity index (χ1) is 17.3. The summed E-state index contributed by atoms with van der Waals surface area (Å²) >= 11 is 5.43. The molecule has 0 spiro atoms. The number of ether oxygens (including phenoxy) is 1. The average Bonchev–Trinajstić information content (AvgIpc) is 2.88. The van der Waals surface area contributed by atoms with Gasteiger partial charge >= 0.3 is 0 Å². The minimum atomic E-state index is -0.522. The van der Waals surface area contributed by atoms with E-state index in [0.717, 1.165) is 5.69 Å².